The van der Waals surface area contributed by atoms with Gasteiger partial charge in [0.15, 0.2) is 5.69 Å². The van der Waals surface area contributed by atoms with E-state index in [1.807, 2.05) is 0 Å². The van der Waals surface area contributed by atoms with E-state index in [1.54, 1.807) is 5.32 Å². The van der Waals surface area contributed by atoms with Crippen molar-refractivity contribution in [3.63, 3.8) is 0 Å². The zero-order valence-electron chi connectivity index (χ0n) is 10.1. The molecular formula is C11H7F3N4O3. The SMILES string of the molecule is NC(=O)NC(=O)c1nc2c(C(F)(F)F)cccc2[nH]c1=O. The second-order valence-electron chi connectivity index (χ2n) is 3.93. The number of H-pyrrole nitrogens is 1. The van der Waals surface area contributed by atoms with Crippen LogP contribution in [0.3, 0.4) is 0 Å². The van der Waals surface area contributed by atoms with Crippen molar-refractivity contribution in [2.24, 2.45) is 5.73 Å². The third kappa shape index (κ3) is 2.83. The van der Waals surface area contributed by atoms with Crippen LogP contribution < -0.4 is 16.6 Å². The molecule has 0 atom stereocenters. The van der Waals surface area contributed by atoms with E-state index in [-0.39, 0.29) is 5.52 Å². The van der Waals surface area contributed by atoms with E-state index in [2.05, 4.69) is 9.97 Å². The molecule has 0 radical (unpaired) electrons. The Labute approximate surface area is 114 Å². The number of hydrogen-bond acceptors (Lipinski definition) is 4. The number of amides is 3. The molecule has 3 amide bonds. The summed E-state index contributed by atoms with van der Waals surface area (Å²) in [6, 6.07) is 1.79. The molecule has 0 spiro atoms. The third-order valence-corrected chi connectivity index (χ3v) is 2.48. The van der Waals surface area contributed by atoms with Gasteiger partial charge in [0.25, 0.3) is 11.5 Å². The zero-order valence-corrected chi connectivity index (χ0v) is 10.1. The lowest BCUT2D eigenvalue weighted by Crippen LogP contribution is -2.38. The number of carbonyl (C=O) groups is 2. The van der Waals surface area contributed by atoms with Crippen molar-refractivity contribution in [2.45, 2.75) is 6.18 Å². The van der Waals surface area contributed by atoms with Crippen molar-refractivity contribution in [2.75, 3.05) is 0 Å². The monoisotopic (exact) mass is 300 g/mol. The molecule has 0 aliphatic rings. The summed E-state index contributed by atoms with van der Waals surface area (Å²) in [6.07, 6.45) is -4.72. The number of rotatable bonds is 1. The maximum atomic E-state index is 12.9. The Hall–Kier alpha value is -2.91. The first kappa shape index (κ1) is 14.5. The van der Waals surface area contributed by atoms with Gasteiger partial charge >= 0.3 is 12.2 Å². The number of urea groups is 1. The van der Waals surface area contributed by atoms with Gasteiger partial charge in [-0.15, -0.1) is 0 Å². The lowest BCUT2D eigenvalue weighted by Gasteiger charge is -2.10. The van der Waals surface area contributed by atoms with Gasteiger partial charge < -0.3 is 10.7 Å². The predicted octanol–water partition coefficient (Wildman–Crippen LogP) is 0.750. The van der Waals surface area contributed by atoms with Gasteiger partial charge in [-0.1, -0.05) is 6.07 Å². The Morgan fingerprint density at radius 1 is 1.29 bits per heavy atom. The summed E-state index contributed by atoms with van der Waals surface area (Å²) in [6.45, 7) is 0. The van der Waals surface area contributed by atoms with E-state index in [4.69, 9.17) is 5.73 Å². The van der Waals surface area contributed by atoms with Crippen LogP contribution in [0.1, 0.15) is 16.1 Å². The summed E-state index contributed by atoms with van der Waals surface area (Å²) >= 11 is 0. The van der Waals surface area contributed by atoms with E-state index in [0.717, 1.165) is 12.1 Å². The summed E-state index contributed by atoms with van der Waals surface area (Å²) in [5.41, 5.74) is 0.848. The molecule has 0 unspecified atom stereocenters. The first-order chi connectivity index (χ1) is 9.70. The molecule has 0 saturated carbocycles. The maximum absolute atomic E-state index is 12.9. The second kappa shape index (κ2) is 4.89. The average molecular weight is 300 g/mol. The van der Waals surface area contributed by atoms with Gasteiger partial charge in [0, 0.05) is 0 Å². The quantitative estimate of drug-likeness (QED) is 0.720. The number of carbonyl (C=O) groups excluding carboxylic acids is 2. The number of hydrogen-bond donors (Lipinski definition) is 3. The Morgan fingerprint density at radius 2 is 1.95 bits per heavy atom. The fourth-order valence-electron chi connectivity index (χ4n) is 1.66. The number of primary amides is 1. The summed E-state index contributed by atoms with van der Waals surface area (Å²) in [4.78, 5) is 39.2. The van der Waals surface area contributed by atoms with Crippen molar-refractivity contribution in [3.05, 3.63) is 39.8 Å². The summed E-state index contributed by atoms with van der Waals surface area (Å²) in [5, 5.41) is 1.56. The number of benzene rings is 1. The fourth-order valence-corrected chi connectivity index (χ4v) is 1.66. The number of imide groups is 1. The van der Waals surface area contributed by atoms with Gasteiger partial charge in [-0.25, -0.2) is 9.78 Å². The Kier molecular flexibility index (Phi) is 3.37. The number of nitrogens with two attached hydrogens (primary N) is 1. The Balaban J connectivity index is 2.70. The smallest absolute Gasteiger partial charge is 0.351 e. The molecule has 0 aliphatic heterocycles. The van der Waals surface area contributed by atoms with Crippen LogP contribution in [0.2, 0.25) is 0 Å². The molecule has 7 nitrogen and oxygen atoms in total. The molecule has 1 heterocycles. The normalized spacial score (nSPS) is 11.4. The van der Waals surface area contributed by atoms with Crippen molar-refractivity contribution >= 4 is 23.0 Å². The molecule has 0 fully saturated rings. The highest BCUT2D eigenvalue weighted by molar-refractivity contribution is 6.03. The van der Waals surface area contributed by atoms with Crippen LogP contribution in [0.5, 0.6) is 0 Å². The van der Waals surface area contributed by atoms with Crippen molar-refractivity contribution in [1.29, 1.82) is 0 Å². The minimum absolute atomic E-state index is 0.189. The number of alkyl halides is 3. The summed E-state index contributed by atoms with van der Waals surface area (Å²) < 4.78 is 38.6. The number of fused-ring (bicyclic) bond motifs is 1. The van der Waals surface area contributed by atoms with Crippen LogP contribution in [-0.4, -0.2) is 21.9 Å². The van der Waals surface area contributed by atoms with E-state index in [9.17, 15) is 27.6 Å². The lowest BCUT2D eigenvalue weighted by molar-refractivity contribution is -0.136. The molecule has 0 bridgehead atoms. The van der Waals surface area contributed by atoms with E-state index >= 15 is 0 Å². The number of aromatic amines is 1. The minimum atomic E-state index is -4.72. The molecule has 1 aromatic carbocycles. The van der Waals surface area contributed by atoms with Crippen LogP contribution in [-0.2, 0) is 6.18 Å². The maximum Gasteiger partial charge on any atom is 0.418 e. The molecule has 1 aromatic heterocycles. The van der Waals surface area contributed by atoms with Gasteiger partial charge in [-0.05, 0) is 12.1 Å². The fraction of sp³-hybridized carbons (Fsp3) is 0.0909. The highest BCUT2D eigenvalue weighted by atomic mass is 19.4. The van der Waals surface area contributed by atoms with Gasteiger partial charge in [0.1, 0.15) is 0 Å². The van der Waals surface area contributed by atoms with Crippen LogP contribution >= 0.6 is 0 Å². The standard InChI is InChI=1S/C11H7F3N4O3/c12-11(13,14)4-2-1-3-5-6(4)17-7(8(19)16-5)9(20)18-10(15)21/h1-3H,(H,16,19)(H3,15,18,20,21). The lowest BCUT2D eigenvalue weighted by atomic mass is 10.1. The summed E-state index contributed by atoms with van der Waals surface area (Å²) in [5.74, 6) is -1.29. The second-order valence-corrected chi connectivity index (χ2v) is 3.93. The molecule has 2 rings (SSSR count). The van der Waals surface area contributed by atoms with Gasteiger partial charge in [0.05, 0.1) is 16.6 Å². The van der Waals surface area contributed by atoms with Gasteiger partial charge in [-0.3, -0.25) is 14.9 Å². The topological polar surface area (TPSA) is 118 Å². The molecule has 21 heavy (non-hydrogen) atoms. The zero-order chi connectivity index (χ0) is 15.8. The molecule has 0 aliphatic carbocycles. The van der Waals surface area contributed by atoms with Crippen molar-refractivity contribution < 1.29 is 22.8 Å². The van der Waals surface area contributed by atoms with Gasteiger partial charge in [0.2, 0.25) is 0 Å². The number of halogens is 3. The Morgan fingerprint density at radius 3 is 2.52 bits per heavy atom. The first-order valence-electron chi connectivity index (χ1n) is 5.41. The largest absolute Gasteiger partial charge is 0.418 e. The first-order valence-corrected chi connectivity index (χ1v) is 5.41. The number of nitrogens with zero attached hydrogens (tertiary/aromatic N) is 1. The number of nitrogens with one attached hydrogen (secondary N) is 2. The van der Waals surface area contributed by atoms with Crippen LogP contribution in [0.25, 0.3) is 11.0 Å². The molecule has 4 N–H and O–H groups in total. The van der Waals surface area contributed by atoms with E-state index < -0.39 is 40.4 Å². The van der Waals surface area contributed by atoms with Gasteiger partial charge in [-0.2, -0.15) is 13.2 Å². The molecule has 0 saturated heterocycles. The number of aromatic nitrogens is 2. The molecule has 110 valence electrons. The third-order valence-electron chi connectivity index (χ3n) is 2.48. The molecule has 2 aromatic rings. The van der Waals surface area contributed by atoms with Crippen LogP contribution in [0, 0.1) is 0 Å². The summed E-state index contributed by atoms with van der Waals surface area (Å²) in [7, 11) is 0. The number of para-hydroxylation sites is 1. The van der Waals surface area contributed by atoms with E-state index in [0.29, 0.717) is 0 Å². The highest BCUT2D eigenvalue weighted by Gasteiger charge is 2.33. The predicted molar refractivity (Wildman–Crippen MR) is 64.4 cm³/mol. The van der Waals surface area contributed by atoms with Crippen molar-refractivity contribution in [1.82, 2.24) is 15.3 Å². The highest BCUT2D eigenvalue weighted by Crippen LogP contribution is 2.32. The average Bonchev–Trinajstić information content (AvgIpc) is 2.34. The minimum Gasteiger partial charge on any atom is -0.351 e. The van der Waals surface area contributed by atoms with Crippen molar-refractivity contribution in [3.8, 4) is 0 Å². The van der Waals surface area contributed by atoms with Crippen LogP contribution in [0.4, 0.5) is 18.0 Å². The Bertz CT molecular complexity index is 797. The molecule has 10 heteroatoms. The molecular weight excluding hydrogens is 293 g/mol. The van der Waals surface area contributed by atoms with Crippen LogP contribution in [0.15, 0.2) is 23.0 Å². The van der Waals surface area contributed by atoms with E-state index in [1.165, 1.54) is 6.07 Å².